The number of aliphatic hydroxyl groups excluding tert-OH is 1. The highest BCUT2D eigenvalue weighted by atomic mass is 16.6. The van der Waals surface area contributed by atoms with Crippen LogP contribution in [0.2, 0.25) is 0 Å². The number of carbonyl (C=O) groups is 2. The number of rotatable bonds is 36. The first-order valence-corrected chi connectivity index (χ1v) is 21.0. The summed E-state index contributed by atoms with van der Waals surface area (Å²) >= 11 is 0. The van der Waals surface area contributed by atoms with E-state index in [1.807, 2.05) is 0 Å². The zero-order valence-corrected chi connectivity index (χ0v) is 32.8. The van der Waals surface area contributed by atoms with Crippen molar-refractivity contribution in [3.05, 3.63) is 36.5 Å². The van der Waals surface area contributed by atoms with Crippen LogP contribution >= 0.6 is 0 Å². The number of carbonyl (C=O) groups excluding carboxylic acids is 2. The summed E-state index contributed by atoms with van der Waals surface area (Å²) in [4.78, 5) is 24.0. The SMILES string of the molecule is CCCCC/C=C\CC1OC1C/C=C\C/C=C\CCCC(=O)OC[C@H](O)COC(=O)CCCCCCCCCCCCCCCCCC(C)C. The highest BCUT2D eigenvalue weighted by Crippen LogP contribution is 2.29. The maximum absolute atomic E-state index is 12.0. The first kappa shape index (κ1) is 46.1. The molecule has 2 unspecified atom stereocenters. The minimum absolute atomic E-state index is 0.135. The summed E-state index contributed by atoms with van der Waals surface area (Å²) in [6, 6.07) is 0. The van der Waals surface area contributed by atoms with Crippen molar-refractivity contribution < 1.29 is 28.9 Å². The number of hydrogen-bond acceptors (Lipinski definition) is 6. The molecule has 290 valence electrons. The van der Waals surface area contributed by atoms with Crippen LogP contribution in [0.4, 0.5) is 0 Å². The summed E-state index contributed by atoms with van der Waals surface area (Å²) in [5, 5.41) is 10.0. The average molecular weight is 703 g/mol. The van der Waals surface area contributed by atoms with Crippen molar-refractivity contribution in [2.75, 3.05) is 13.2 Å². The van der Waals surface area contributed by atoms with E-state index < -0.39 is 6.10 Å². The van der Waals surface area contributed by atoms with Crippen LogP contribution in [-0.2, 0) is 23.8 Å². The molecule has 6 nitrogen and oxygen atoms in total. The molecule has 0 aromatic rings. The van der Waals surface area contributed by atoms with Gasteiger partial charge in [-0.25, -0.2) is 0 Å². The lowest BCUT2D eigenvalue weighted by molar-refractivity contribution is -0.152. The van der Waals surface area contributed by atoms with E-state index in [-0.39, 0.29) is 25.2 Å². The van der Waals surface area contributed by atoms with Crippen LogP contribution in [0.25, 0.3) is 0 Å². The van der Waals surface area contributed by atoms with Gasteiger partial charge >= 0.3 is 11.9 Å². The Hall–Kier alpha value is -1.92. The molecule has 0 bridgehead atoms. The molecule has 1 saturated heterocycles. The van der Waals surface area contributed by atoms with Crippen molar-refractivity contribution >= 4 is 11.9 Å². The predicted octanol–water partition coefficient (Wildman–Crippen LogP) is 12.1. The fourth-order valence-corrected chi connectivity index (χ4v) is 6.13. The van der Waals surface area contributed by atoms with E-state index in [1.54, 1.807) is 0 Å². The minimum atomic E-state index is -0.988. The van der Waals surface area contributed by atoms with Gasteiger partial charge in [-0.2, -0.15) is 0 Å². The number of hydrogen-bond donors (Lipinski definition) is 1. The summed E-state index contributed by atoms with van der Waals surface area (Å²) in [7, 11) is 0. The third-order valence-electron chi connectivity index (χ3n) is 9.46. The van der Waals surface area contributed by atoms with E-state index in [1.165, 1.54) is 109 Å². The van der Waals surface area contributed by atoms with Crippen molar-refractivity contribution in [1.29, 1.82) is 0 Å². The highest BCUT2D eigenvalue weighted by Gasteiger charge is 2.35. The molecule has 0 amide bonds. The molecular formula is C44H78O6. The minimum Gasteiger partial charge on any atom is -0.463 e. The molecule has 0 aliphatic carbocycles. The lowest BCUT2D eigenvalue weighted by Gasteiger charge is -2.12. The Balaban J connectivity index is 1.84. The van der Waals surface area contributed by atoms with Gasteiger partial charge in [0.2, 0.25) is 0 Å². The van der Waals surface area contributed by atoms with Gasteiger partial charge in [0.25, 0.3) is 0 Å². The van der Waals surface area contributed by atoms with Gasteiger partial charge in [0.15, 0.2) is 0 Å². The quantitative estimate of drug-likeness (QED) is 0.0303. The van der Waals surface area contributed by atoms with Crippen molar-refractivity contribution in [3.8, 4) is 0 Å². The molecule has 1 rings (SSSR count). The van der Waals surface area contributed by atoms with Crippen molar-refractivity contribution in [2.24, 2.45) is 5.92 Å². The molecule has 0 aromatic heterocycles. The number of aliphatic hydroxyl groups is 1. The van der Waals surface area contributed by atoms with Crippen LogP contribution in [0.3, 0.4) is 0 Å². The van der Waals surface area contributed by atoms with Crippen molar-refractivity contribution in [2.45, 2.75) is 212 Å². The lowest BCUT2D eigenvalue weighted by Crippen LogP contribution is -2.25. The van der Waals surface area contributed by atoms with Gasteiger partial charge < -0.3 is 19.3 Å². The number of allylic oxidation sites excluding steroid dienone is 4. The van der Waals surface area contributed by atoms with Gasteiger partial charge in [0.05, 0.1) is 12.2 Å². The van der Waals surface area contributed by atoms with Crippen molar-refractivity contribution in [1.82, 2.24) is 0 Å². The average Bonchev–Trinajstić information content (AvgIpc) is 3.86. The summed E-state index contributed by atoms with van der Waals surface area (Å²) in [6.45, 7) is 6.58. The Bertz CT molecular complexity index is 878. The Labute approximate surface area is 308 Å². The van der Waals surface area contributed by atoms with Crippen LogP contribution in [0.1, 0.15) is 194 Å². The normalized spacial score (nSPS) is 16.7. The van der Waals surface area contributed by atoms with Gasteiger partial charge in [0.1, 0.15) is 19.3 Å². The van der Waals surface area contributed by atoms with Gasteiger partial charge in [-0.1, -0.05) is 166 Å². The molecule has 3 atom stereocenters. The number of ether oxygens (including phenoxy) is 3. The molecule has 0 radical (unpaired) electrons. The molecule has 50 heavy (non-hydrogen) atoms. The summed E-state index contributed by atoms with van der Waals surface area (Å²) in [6.07, 6.45) is 43.8. The first-order chi connectivity index (χ1) is 24.4. The van der Waals surface area contributed by atoms with Crippen LogP contribution in [0, 0.1) is 5.92 Å². The van der Waals surface area contributed by atoms with Crippen LogP contribution in [0.5, 0.6) is 0 Å². The molecule has 0 spiro atoms. The lowest BCUT2D eigenvalue weighted by atomic mass is 10.0. The fourth-order valence-electron chi connectivity index (χ4n) is 6.13. The number of esters is 2. The molecule has 1 aliphatic rings. The van der Waals surface area contributed by atoms with Crippen LogP contribution in [0.15, 0.2) is 36.5 Å². The van der Waals surface area contributed by atoms with E-state index in [4.69, 9.17) is 14.2 Å². The van der Waals surface area contributed by atoms with Crippen molar-refractivity contribution in [3.63, 3.8) is 0 Å². The molecule has 1 fully saturated rings. The Kier molecular flexibility index (Phi) is 31.5. The second kappa shape index (κ2) is 34.2. The standard InChI is InChI=1S/C44H78O6/c1-4-5-6-7-23-28-33-41-42(50-41)34-29-24-19-17-21-26-31-36-44(47)49-38-40(45)37-48-43(46)35-30-25-20-16-14-12-10-8-9-11-13-15-18-22-27-32-39(2)3/h17,21,23-24,28-29,39-42,45H,4-16,18-20,22,25-27,30-38H2,1-3H3/b21-17-,28-23-,29-24-/t40-,41?,42?/m1/s1. The second-order valence-corrected chi connectivity index (χ2v) is 15.0. The van der Waals surface area contributed by atoms with E-state index in [2.05, 4.69) is 57.2 Å². The molecule has 0 saturated carbocycles. The van der Waals surface area contributed by atoms with Gasteiger partial charge in [0, 0.05) is 12.8 Å². The third kappa shape index (κ3) is 32.0. The van der Waals surface area contributed by atoms with E-state index in [0.29, 0.717) is 31.5 Å². The summed E-state index contributed by atoms with van der Waals surface area (Å²) in [5.41, 5.74) is 0. The van der Waals surface area contributed by atoms with E-state index in [0.717, 1.165) is 50.9 Å². The highest BCUT2D eigenvalue weighted by molar-refractivity contribution is 5.69. The topological polar surface area (TPSA) is 85.4 Å². The fraction of sp³-hybridized carbons (Fsp3) is 0.818. The van der Waals surface area contributed by atoms with Gasteiger partial charge in [-0.05, 0) is 57.3 Å². The predicted molar refractivity (Wildman–Crippen MR) is 209 cm³/mol. The zero-order chi connectivity index (χ0) is 36.3. The molecule has 1 aliphatic heterocycles. The van der Waals surface area contributed by atoms with Crippen LogP contribution < -0.4 is 0 Å². The summed E-state index contributed by atoms with van der Waals surface area (Å²) < 4.78 is 16.1. The number of unbranched alkanes of at least 4 members (excludes halogenated alkanes) is 18. The zero-order valence-electron chi connectivity index (χ0n) is 32.8. The summed E-state index contributed by atoms with van der Waals surface area (Å²) in [5.74, 6) is 0.222. The Morgan fingerprint density at radius 2 is 1.02 bits per heavy atom. The maximum Gasteiger partial charge on any atom is 0.305 e. The second-order valence-electron chi connectivity index (χ2n) is 15.0. The Morgan fingerprint density at radius 3 is 1.56 bits per heavy atom. The molecule has 0 aromatic carbocycles. The molecule has 6 heteroatoms. The largest absolute Gasteiger partial charge is 0.463 e. The third-order valence-corrected chi connectivity index (χ3v) is 9.46. The van der Waals surface area contributed by atoms with Gasteiger partial charge in [-0.15, -0.1) is 0 Å². The van der Waals surface area contributed by atoms with E-state index >= 15 is 0 Å². The molecule has 1 N–H and O–H groups in total. The monoisotopic (exact) mass is 703 g/mol. The molecule has 1 heterocycles. The Morgan fingerprint density at radius 1 is 0.580 bits per heavy atom. The maximum atomic E-state index is 12.0. The first-order valence-electron chi connectivity index (χ1n) is 21.0. The van der Waals surface area contributed by atoms with E-state index in [9.17, 15) is 14.7 Å². The molecular weight excluding hydrogens is 624 g/mol. The smallest absolute Gasteiger partial charge is 0.305 e. The van der Waals surface area contributed by atoms with Crippen LogP contribution in [-0.4, -0.2) is 48.6 Å². The number of epoxide rings is 1. The van der Waals surface area contributed by atoms with Gasteiger partial charge in [-0.3, -0.25) is 9.59 Å².